The van der Waals surface area contributed by atoms with Crippen molar-refractivity contribution in [1.29, 1.82) is 0 Å². The van der Waals surface area contributed by atoms with Crippen molar-refractivity contribution in [3.63, 3.8) is 0 Å². The van der Waals surface area contributed by atoms with E-state index in [1.807, 2.05) is 31.2 Å². The lowest BCUT2D eigenvalue weighted by molar-refractivity contribution is -0.0548. The van der Waals surface area contributed by atoms with Crippen molar-refractivity contribution in [3.8, 4) is 0 Å². The van der Waals surface area contributed by atoms with Crippen LogP contribution in [0.1, 0.15) is 17.4 Å². The summed E-state index contributed by atoms with van der Waals surface area (Å²) in [5.41, 5.74) is 0.504. The highest BCUT2D eigenvalue weighted by Gasteiger charge is 2.45. The maximum atomic E-state index is 12.9. The number of phosphoric ester groups is 1. The third-order valence-electron chi connectivity index (χ3n) is 5.02. The van der Waals surface area contributed by atoms with Crippen LogP contribution in [0.3, 0.4) is 0 Å². The summed E-state index contributed by atoms with van der Waals surface area (Å²) in [6.45, 7) is 1.03. The number of rotatable bonds is 9. The van der Waals surface area contributed by atoms with Gasteiger partial charge in [-0.1, -0.05) is 29.8 Å². The summed E-state index contributed by atoms with van der Waals surface area (Å²) >= 11 is 0. The first-order valence-electron chi connectivity index (χ1n) is 9.91. The van der Waals surface area contributed by atoms with E-state index in [4.69, 9.17) is 14.5 Å². The number of aryl methyl sites for hydroxylation is 2. The molecule has 0 saturated carbocycles. The molecular weight excluding hydrogens is 498 g/mol. The fourth-order valence-electron chi connectivity index (χ4n) is 3.46. The summed E-state index contributed by atoms with van der Waals surface area (Å²) in [4.78, 5) is 51.8. The van der Waals surface area contributed by atoms with Gasteiger partial charge in [0.15, 0.2) is 6.23 Å². The molecule has 1 aliphatic rings. The zero-order valence-electron chi connectivity index (χ0n) is 17.8. The second-order valence-corrected chi connectivity index (χ2v) is 10.4. The van der Waals surface area contributed by atoms with Gasteiger partial charge in [0.25, 0.3) is 5.56 Å². The lowest BCUT2D eigenvalue weighted by Gasteiger charge is -2.19. The summed E-state index contributed by atoms with van der Waals surface area (Å²) < 4.78 is 37.6. The number of aliphatic hydroxyl groups excluding tert-OH is 2. The van der Waals surface area contributed by atoms with Gasteiger partial charge in [-0.15, -0.1) is 0 Å². The number of aliphatic hydroxyl groups is 2. The highest BCUT2D eigenvalue weighted by atomic mass is 31.3. The molecule has 0 amide bonds. The van der Waals surface area contributed by atoms with E-state index >= 15 is 0 Å². The molecule has 16 heteroatoms. The van der Waals surface area contributed by atoms with Gasteiger partial charge in [0, 0.05) is 18.8 Å². The van der Waals surface area contributed by atoms with Crippen LogP contribution >= 0.6 is 15.6 Å². The molecule has 188 valence electrons. The molecule has 1 aliphatic heterocycles. The van der Waals surface area contributed by atoms with E-state index in [9.17, 15) is 33.8 Å². The molecule has 1 saturated heterocycles. The molecule has 1 aromatic heterocycles. The number of hydrogen-bond donors (Lipinski definition) is 5. The topological polar surface area (TPSA) is 207 Å². The molecular formula is C18H24N2O12P2. The van der Waals surface area contributed by atoms with Gasteiger partial charge in [-0.05, 0) is 18.9 Å². The number of nitrogens with zero attached hydrogens (tertiary/aromatic N) is 2. The van der Waals surface area contributed by atoms with Crippen molar-refractivity contribution >= 4 is 15.6 Å². The van der Waals surface area contributed by atoms with E-state index in [-0.39, 0.29) is 6.54 Å². The number of ether oxygens (including phenoxy) is 1. The van der Waals surface area contributed by atoms with Crippen LogP contribution in [0.25, 0.3) is 0 Å². The third kappa shape index (κ3) is 6.58. The molecule has 34 heavy (non-hydrogen) atoms. The Morgan fingerprint density at radius 2 is 1.79 bits per heavy atom. The summed E-state index contributed by atoms with van der Waals surface area (Å²) in [6, 6.07) is 8.59. The third-order valence-corrected chi connectivity index (χ3v) is 7.18. The molecule has 2 aromatic rings. The van der Waals surface area contributed by atoms with Crippen molar-refractivity contribution in [1.82, 2.24) is 9.13 Å². The monoisotopic (exact) mass is 522 g/mol. The van der Waals surface area contributed by atoms with E-state index in [0.717, 1.165) is 32.5 Å². The summed E-state index contributed by atoms with van der Waals surface area (Å²) in [5, 5.41) is 20.6. The Balaban J connectivity index is 1.76. The number of hydrogen-bond acceptors (Lipinski definition) is 9. The Hall–Kier alpha value is -1.96. The minimum absolute atomic E-state index is 0.0350. The van der Waals surface area contributed by atoms with Crippen LogP contribution in [0.15, 0.2) is 46.1 Å². The van der Waals surface area contributed by atoms with Gasteiger partial charge in [-0.25, -0.2) is 13.9 Å². The molecule has 1 fully saturated rings. The molecule has 2 unspecified atom stereocenters. The van der Waals surface area contributed by atoms with Crippen LogP contribution < -0.4 is 11.2 Å². The van der Waals surface area contributed by atoms with Gasteiger partial charge in [0.2, 0.25) is 0 Å². The standard InChI is InChI=1S/C18H24N2O12P2/c1-11-3-2-4-12(9-11)5-7-19-14(21)6-8-20(18(19)24)17-16(23)15(22)13(31-17)10-30-34(28,29)32-33(25,26)27/h2-4,6,8-9,13,15-17,22-23H,5,7,10H2,1H3,(H,28,29)(H2,25,26,27)/t13-,15?,16+,17-/m1/s1. The highest BCUT2D eigenvalue weighted by Crippen LogP contribution is 2.57. The summed E-state index contributed by atoms with van der Waals surface area (Å²) in [6.07, 6.45) is -4.91. The first kappa shape index (κ1) is 26.6. The molecule has 5 N–H and O–H groups in total. The van der Waals surface area contributed by atoms with Crippen molar-refractivity contribution in [2.24, 2.45) is 0 Å². The van der Waals surface area contributed by atoms with Crippen LogP contribution in [-0.2, 0) is 35.7 Å². The van der Waals surface area contributed by atoms with Crippen molar-refractivity contribution in [2.45, 2.75) is 44.4 Å². The van der Waals surface area contributed by atoms with Crippen LogP contribution in [0.2, 0.25) is 0 Å². The zero-order chi connectivity index (χ0) is 25.3. The second-order valence-electron chi connectivity index (χ2n) is 7.62. The number of aromatic nitrogens is 2. The number of benzene rings is 1. The van der Waals surface area contributed by atoms with Crippen LogP contribution in [0.5, 0.6) is 0 Å². The Bertz CT molecular complexity index is 1240. The van der Waals surface area contributed by atoms with Crippen LogP contribution in [0, 0.1) is 6.92 Å². The zero-order valence-corrected chi connectivity index (χ0v) is 19.6. The average Bonchev–Trinajstić information content (AvgIpc) is 2.99. The Morgan fingerprint density at radius 3 is 2.44 bits per heavy atom. The van der Waals surface area contributed by atoms with Crippen molar-refractivity contribution < 1.29 is 47.6 Å². The highest BCUT2D eigenvalue weighted by molar-refractivity contribution is 7.60. The molecule has 0 spiro atoms. The molecule has 5 atom stereocenters. The van der Waals surface area contributed by atoms with E-state index in [0.29, 0.717) is 6.42 Å². The predicted molar refractivity (Wildman–Crippen MR) is 115 cm³/mol. The van der Waals surface area contributed by atoms with Gasteiger partial charge in [0.05, 0.1) is 6.61 Å². The fraction of sp³-hybridized carbons (Fsp3) is 0.444. The molecule has 2 heterocycles. The van der Waals surface area contributed by atoms with Crippen molar-refractivity contribution in [2.75, 3.05) is 6.61 Å². The molecule has 0 radical (unpaired) electrons. The van der Waals surface area contributed by atoms with Gasteiger partial charge in [-0.2, -0.15) is 4.31 Å². The fourth-order valence-corrected chi connectivity index (χ4v) is 5.06. The first-order valence-corrected chi connectivity index (χ1v) is 12.9. The Kier molecular flexibility index (Phi) is 8.10. The largest absolute Gasteiger partial charge is 0.481 e. The smallest absolute Gasteiger partial charge is 0.387 e. The molecule has 14 nitrogen and oxygen atoms in total. The van der Waals surface area contributed by atoms with E-state index < -0.39 is 58.0 Å². The molecule has 0 aliphatic carbocycles. The first-order chi connectivity index (χ1) is 15.8. The lowest BCUT2D eigenvalue weighted by atomic mass is 10.1. The van der Waals surface area contributed by atoms with E-state index in [2.05, 4.69) is 8.83 Å². The minimum atomic E-state index is -5.35. The molecule has 1 aromatic carbocycles. The maximum absolute atomic E-state index is 12.9. The molecule has 3 rings (SSSR count). The Labute approximate surface area is 192 Å². The van der Waals surface area contributed by atoms with Gasteiger partial charge in [-0.3, -0.25) is 18.5 Å². The van der Waals surface area contributed by atoms with E-state index in [1.54, 1.807) is 0 Å². The Morgan fingerprint density at radius 1 is 1.09 bits per heavy atom. The van der Waals surface area contributed by atoms with E-state index in [1.165, 1.54) is 0 Å². The SMILES string of the molecule is Cc1cccc(CCn2c(=O)ccn([C@@H]3O[C@H](COP(=O)(O)OP(=O)(O)O)C(O)[C@@H]3O)c2=O)c1. The maximum Gasteiger partial charge on any atom is 0.481 e. The quantitative estimate of drug-likeness (QED) is 0.262. The van der Waals surface area contributed by atoms with Gasteiger partial charge >= 0.3 is 21.3 Å². The number of phosphoric acid groups is 2. The lowest BCUT2D eigenvalue weighted by Crippen LogP contribution is -2.43. The van der Waals surface area contributed by atoms with Gasteiger partial charge < -0.3 is 29.6 Å². The summed E-state index contributed by atoms with van der Waals surface area (Å²) in [7, 11) is -10.6. The minimum Gasteiger partial charge on any atom is -0.387 e. The average molecular weight is 522 g/mol. The normalized spacial score (nSPS) is 24.8. The summed E-state index contributed by atoms with van der Waals surface area (Å²) in [5.74, 6) is 0. The van der Waals surface area contributed by atoms with Crippen LogP contribution in [-0.4, -0.2) is 58.9 Å². The predicted octanol–water partition coefficient (Wildman–Crippen LogP) is -0.593. The van der Waals surface area contributed by atoms with Crippen molar-refractivity contribution in [3.05, 3.63) is 68.5 Å². The van der Waals surface area contributed by atoms with Gasteiger partial charge in [0.1, 0.15) is 18.3 Å². The second kappa shape index (κ2) is 10.3. The van der Waals surface area contributed by atoms with Crippen LogP contribution in [0.4, 0.5) is 0 Å². The molecule has 0 bridgehead atoms.